The molecule has 4 rings (SSSR count). The van der Waals surface area contributed by atoms with Crippen molar-refractivity contribution in [1.82, 2.24) is 14.8 Å². The third kappa shape index (κ3) is 4.25. The second-order valence-electron chi connectivity index (χ2n) is 7.99. The lowest BCUT2D eigenvalue weighted by molar-refractivity contribution is -0.132. The van der Waals surface area contributed by atoms with Gasteiger partial charge in [0.2, 0.25) is 5.91 Å². The molecule has 1 aromatic carbocycles. The number of likely N-dealkylation sites (tertiary alicyclic amines) is 2. The van der Waals surface area contributed by atoms with Crippen molar-refractivity contribution in [2.45, 2.75) is 57.5 Å². The lowest BCUT2D eigenvalue weighted by Gasteiger charge is -2.38. The van der Waals surface area contributed by atoms with Gasteiger partial charge in [-0.2, -0.15) is 0 Å². The maximum atomic E-state index is 12.7. The maximum absolute atomic E-state index is 12.7. The lowest BCUT2D eigenvalue weighted by atomic mass is 9.87. The fourth-order valence-electron chi connectivity index (χ4n) is 4.68. The first-order chi connectivity index (χ1) is 13.1. The van der Waals surface area contributed by atoms with Crippen LogP contribution in [0, 0.1) is 6.92 Å². The Balaban J connectivity index is 1.40. The molecule has 0 aliphatic carbocycles. The van der Waals surface area contributed by atoms with Crippen LogP contribution < -0.4 is 0 Å². The summed E-state index contributed by atoms with van der Waals surface area (Å²) in [5.41, 5.74) is 2.51. The summed E-state index contributed by atoms with van der Waals surface area (Å²) in [5, 5.41) is 3.19. The quantitative estimate of drug-likeness (QED) is 0.782. The number of aromatic nitrogens is 1. The molecule has 144 valence electrons. The van der Waals surface area contributed by atoms with E-state index >= 15 is 0 Å². The molecule has 2 aliphatic heterocycles. The van der Waals surface area contributed by atoms with Crippen molar-refractivity contribution in [1.29, 1.82) is 0 Å². The number of aryl methyl sites for hydroxylation is 1. The van der Waals surface area contributed by atoms with Gasteiger partial charge in [-0.15, -0.1) is 11.3 Å². The molecule has 0 bridgehead atoms. The molecule has 2 aliphatic rings. The Morgan fingerprint density at radius 3 is 2.78 bits per heavy atom. The van der Waals surface area contributed by atoms with Crippen LogP contribution in [0.2, 0.25) is 0 Å². The third-order valence-electron chi connectivity index (χ3n) is 6.23. The maximum Gasteiger partial charge on any atom is 0.223 e. The van der Waals surface area contributed by atoms with Gasteiger partial charge in [0.25, 0.3) is 0 Å². The van der Waals surface area contributed by atoms with Crippen molar-refractivity contribution < 1.29 is 4.79 Å². The van der Waals surface area contributed by atoms with E-state index in [0.717, 1.165) is 56.0 Å². The van der Waals surface area contributed by atoms with Gasteiger partial charge in [-0.1, -0.05) is 30.3 Å². The van der Waals surface area contributed by atoms with Gasteiger partial charge in [-0.25, -0.2) is 4.98 Å². The molecule has 4 nitrogen and oxygen atoms in total. The highest BCUT2D eigenvalue weighted by Gasteiger charge is 2.45. The van der Waals surface area contributed by atoms with E-state index in [1.807, 2.05) is 6.92 Å². The van der Waals surface area contributed by atoms with Crippen LogP contribution in [0.5, 0.6) is 0 Å². The highest BCUT2D eigenvalue weighted by Crippen LogP contribution is 2.40. The second kappa shape index (κ2) is 8.11. The van der Waals surface area contributed by atoms with Crippen molar-refractivity contribution in [2.75, 3.05) is 19.6 Å². The molecule has 5 heteroatoms. The van der Waals surface area contributed by atoms with Gasteiger partial charge in [0.05, 0.1) is 17.2 Å². The summed E-state index contributed by atoms with van der Waals surface area (Å²) in [6, 6.07) is 10.7. The van der Waals surface area contributed by atoms with Crippen molar-refractivity contribution in [2.24, 2.45) is 0 Å². The van der Waals surface area contributed by atoms with Crippen molar-refractivity contribution in [3.8, 4) is 0 Å². The standard InChI is InChI=1S/C22H29N3OS/c1-18-23-20(17-27-18)16-25-21(26)8-11-22(25)10-5-13-24(15-12-22)14-9-19-6-3-2-4-7-19/h2-4,6-7,17H,5,8-16H2,1H3/t22-/m1/s1. The summed E-state index contributed by atoms with van der Waals surface area (Å²) in [4.78, 5) is 22.0. The third-order valence-corrected chi connectivity index (χ3v) is 7.06. The van der Waals surface area contributed by atoms with Crippen molar-refractivity contribution in [3.05, 3.63) is 52.0 Å². The number of carbonyl (C=O) groups excluding carboxylic acids is 1. The first-order valence-corrected chi connectivity index (χ1v) is 11.0. The normalized spacial score (nSPS) is 23.9. The van der Waals surface area contributed by atoms with Gasteiger partial charge in [-0.05, 0) is 51.1 Å². The summed E-state index contributed by atoms with van der Waals surface area (Å²) in [7, 11) is 0. The fourth-order valence-corrected chi connectivity index (χ4v) is 5.29. The minimum Gasteiger partial charge on any atom is -0.331 e. The van der Waals surface area contributed by atoms with E-state index in [0.29, 0.717) is 18.9 Å². The van der Waals surface area contributed by atoms with Crippen LogP contribution in [-0.4, -0.2) is 45.9 Å². The first kappa shape index (κ1) is 18.6. The zero-order valence-electron chi connectivity index (χ0n) is 16.2. The first-order valence-electron chi connectivity index (χ1n) is 10.1. The molecule has 2 aromatic rings. The number of rotatable bonds is 5. The van der Waals surface area contributed by atoms with Gasteiger partial charge in [0, 0.05) is 30.4 Å². The van der Waals surface area contributed by atoms with Crippen LogP contribution in [-0.2, 0) is 17.8 Å². The zero-order chi connectivity index (χ0) is 18.7. The number of carbonyl (C=O) groups is 1. The highest BCUT2D eigenvalue weighted by molar-refractivity contribution is 7.09. The molecule has 27 heavy (non-hydrogen) atoms. The van der Waals surface area contributed by atoms with E-state index in [1.54, 1.807) is 11.3 Å². The smallest absolute Gasteiger partial charge is 0.223 e. The highest BCUT2D eigenvalue weighted by atomic mass is 32.1. The van der Waals surface area contributed by atoms with Crippen molar-refractivity contribution in [3.63, 3.8) is 0 Å². The second-order valence-corrected chi connectivity index (χ2v) is 9.06. The summed E-state index contributed by atoms with van der Waals surface area (Å²) in [6.45, 7) is 6.07. The van der Waals surface area contributed by atoms with E-state index in [4.69, 9.17) is 0 Å². The Bertz CT molecular complexity index is 775. The van der Waals surface area contributed by atoms with Crippen LogP contribution in [0.25, 0.3) is 0 Å². The molecule has 1 amide bonds. The Morgan fingerprint density at radius 2 is 2.00 bits per heavy atom. The van der Waals surface area contributed by atoms with Gasteiger partial charge in [0.15, 0.2) is 0 Å². The Hall–Kier alpha value is -1.72. The molecular formula is C22H29N3OS. The zero-order valence-corrected chi connectivity index (χ0v) is 17.0. The summed E-state index contributed by atoms with van der Waals surface area (Å²) in [5.74, 6) is 0.318. The SMILES string of the molecule is Cc1nc(CN2C(=O)CC[C@@]23CCCN(CCc2ccccc2)CC3)cs1. The lowest BCUT2D eigenvalue weighted by Crippen LogP contribution is -2.46. The van der Waals surface area contributed by atoms with Gasteiger partial charge < -0.3 is 9.80 Å². The number of thiazole rings is 1. The number of hydrogen-bond acceptors (Lipinski definition) is 4. The van der Waals surface area contributed by atoms with Crippen LogP contribution in [0.1, 0.15) is 48.4 Å². The minimum atomic E-state index is 0.0517. The molecule has 0 saturated carbocycles. The number of amides is 1. The molecule has 2 saturated heterocycles. The van der Waals surface area contributed by atoms with E-state index < -0.39 is 0 Å². The molecule has 0 unspecified atom stereocenters. The minimum absolute atomic E-state index is 0.0517. The van der Waals surface area contributed by atoms with Gasteiger partial charge in [-0.3, -0.25) is 4.79 Å². The predicted molar refractivity (Wildman–Crippen MR) is 110 cm³/mol. The average Bonchev–Trinajstić information content (AvgIpc) is 3.14. The van der Waals surface area contributed by atoms with Crippen LogP contribution in [0.15, 0.2) is 35.7 Å². The summed E-state index contributed by atoms with van der Waals surface area (Å²) < 4.78 is 0. The van der Waals surface area contributed by atoms with Crippen molar-refractivity contribution >= 4 is 17.2 Å². The monoisotopic (exact) mass is 383 g/mol. The Morgan fingerprint density at radius 1 is 1.15 bits per heavy atom. The molecule has 2 fully saturated rings. The van der Waals surface area contributed by atoms with Gasteiger partial charge >= 0.3 is 0 Å². The van der Waals surface area contributed by atoms with Crippen LogP contribution in [0.3, 0.4) is 0 Å². The largest absolute Gasteiger partial charge is 0.331 e. The average molecular weight is 384 g/mol. The molecule has 1 spiro atoms. The van der Waals surface area contributed by atoms with E-state index in [-0.39, 0.29) is 5.54 Å². The summed E-state index contributed by atoms with van der Waals surface area (Å²) >= 11 is 1.68. The Labute approximate surface area is 166 Å². The number of nitrogens with zero attached hydrogens (tertiary/aromatic N) is 3. The molecule has 3 heterocycles. The molecule has 1 aromatic heterocycles. The van der Waals surface area contributed by atoms with E-state index in [2.05, 4.69) is 50.5 Å². The van der Waals surface area contributed by atoms with E-state index in [1.165, 1.54) is 12.0 Å². The van der Waals surface area contributed by atoms with E-state index in [9.17, 15) is 4.79 Å². The van der Waals surface area contributed by atoms with Gasteiger partial charge in [0.1, 0.15) is 0 Å². The molecule has 1 atom stereocenters. The predicted octanol–water partition coefficient (Wildman–Crippen LogP) is 4.04. The molecule has 0 radical (unpaired) electrons. The molecule has 0 N–H and O–H groups in total. The van der Waals surface area contributed by atoms with Crippen LogP contribution >= 0.6 is 11.3 Å². The Kier molecular flexibility index (Phi) is 5.60. The number of hydrogen-bond donors (Lipinski definition) is 0. The topological polar surface area (TPSA) is 36.4 Å². The van der Waals surface area contributed by atoms with Crippen LogP contribution in [0.4, 0.5) is 0 Å². The molecular weight excluding hydrogens is 354 g/mol. The fraction of sp³-hybridized carbons (Fsp3) is 0.545. The number of benzene rings is 1. The summed E-state index contributed by atoms with van der Waals surface area (Å²) in [6.07, 6.45) is 6.22.